The van der Waals surface area contributed by atoms with Gasteiger partial charge in [0.05, 0.1) is 12.2 Å². The summed E-state index contributed by atoms with van der Waals surface area (Å²) in [7, 11) is 0. The molecule has 3 heterocycles. The average molecular weight is 228 g/mol. The van der Waals surface area contributed by atoms with E-state index in [4.69, 9.17) is 0 Å². The summed E-state index contributed by atoms with van der Waals surface area (Å²) in [5.41, 5.74) is 0.821. The van der Waals surface area contributed by atoms with E-state index in [1.807, 2.05) is 25.3 Å². The van der Waals surface area contributed by atoms with Gasteiger partial charge in [-0.25, -0.2) is 14.5 Å². The van der Waals surface area contributed by atoms with Crippen LogP contribution in [0.15, 0.2) is 36.9 Å². The van der Waals surface area contributed by atoms with Crippen LogP contribution in [0.2, 0.25) is 0 Å². The van der Waals surface area contributed by atoms with E-state index in [9.17, 15) is 0 Å². The minimum absolute atomic E-state index is 0.0860. The topological polar surface area (TPSA) is 70.9 Å². The Morgan fingerprint density at radius 3 is 3.12 bits per heavy atom. The summed E-state index contributed by atoms with van der Waals surface area (Å²) in [4.78, 5) is 11.7. The predicted octanol–water partition coefficient (Wildman–Crippen LogP) is 1.63. The maximum absolute atomic E-state index is 4.43. The number of imidazole rings is 1. The summed E-state index contributed by atoms with van der Waals surface area (Å²) in [5, 5.41) is 7.38. The Balaban J connectivity index is 1.84. The van der Waals surface area contributed by atoms with Gasteiger partial charge in [-0.3, -0.25) is 0 Å². The molecule has 1 unspecified atom stereocenters. The Morgan fingerprint density at radius 2 is 2.29 bits per heavy atom. The fourth-order valence-electron chi connectivity index (χ4n) is 1.70. The quantitative estimate of drug-likeness (QED) is 0.714. The van der Waals surface area contributed by atoms with Crippen LogP contribution in [0.25, 0.3) is 5.65 Å². The van der Waals surface area contributed by atoms with Crippen molar-refractivity contribution in [3.8, 4) is 0 Å². The molecule has 0 aromatic carbocycles. The molecule has 0 aliphatic carbocycles. The minimum Gasteiger partial charge on any atom is -0.360 e. The first-order chi connectivity index (χ1) is 8.33. The van der Waals surface area contributed by atoms with E-state index < -0.39 is 0 Å². The Bertz CT molecular complexity index is 612. The molecule has 2 N–H and O–H groups in total. The zero-order valence-corrected chi connectivity index (χ0v) is 9.33. The summed E-state index contributed by atoms with van der Waals surface area (Å²) in [6, 6.07) is 3.84. The molecule has 0 saturated carbocycles. The van der Waals surface area contributed by atoms with E-state index in [1.165, 1.54) is 0 Å². The van der Waals surface area contributed by atoms with E-state index >= 15 is 0 Å². The molecule has 3 aromatic rings. The number of fused-ring (bicyclic) bond motifs is 1. The molecule has 6 nitrogen and oxygen atoms in total. The number of anilines is 1. The standard InChI is InChI=1S/C11H12N6/c1-8(11-12-5-6-13-11)15-9-3-7-17-10(16-9)2-4-14-17/h2-8H,1H3,(H,12,13)(H,15,16). The van der Waals surface area contributed by atoms with Crippen molar-refractivity contribution >= 4 is 11.5 Å². The molecule has 6 heteroatoms. The Labute approximate surface area is 97.7 Å². The van der Waals surface area contributed by atoms with E-state index in [0.717, 1.165) is 17.3 Å². The molecule has 0 aliphatic heterocycles. The third-order valence-electron chi connectivity index (χ3n) is 2.55. The molecule has 17 heavy (non-hydrogen) atoms. The molecular formula is C11H12N6. The molecule has 0 fully saturated rings. The second-order valence-electron chi connectivity index (χ2n) is 3.79. The number of aromatic nitrogens is 5. The van der Waals surface area contributed by atoms with Crippen molar-refractivity contribution in [2.45, 2.75) is 13.0 Å². The van der Waals surface area contributed by atoms with Crippen molar-refractivity contribution in [1.29, 1.82) is 0 Å². The first-order valence-electron chi connectivity index (χ1n) is 5.39. The average Bonchev–Trinajstić information content (AvgIpc) is 2.99. The fraction of sp³-hybridized carbons (Fsp3) is 0.182. The van der Waals surface area contributed by atoms with Crippen molar-refractivity contribution in [3.05, 3.63) is 42.7 Å². The van der Waals surface area contributed by atoms with E-state index in [1.54, 1.807) is 23.1 Å². The van der Waals surface area contributed by atoms with Crippen LogP contribution in [-0.4, -0.2) is 24.6 Å². The fourth-order valence-corrected chi connectivity index (χ4v) is 1.70. The molecular weight excluding hydrogens is 216 g/mol. The highest BCUT2D eigenvalue weighted by Gasteiger charge is 2.08. The maximum Gasteiger partial charge on any atom is 0.157 e. The number of nitrogens with zero attached hydrogens (tertiary/aromatic N) is 4. The molecule has 0 saturated heterocycles. The second kappa shape index (κ2) is 3.89. The van der Waals surface area contributed by atoms with Crippen molar-refractivity contribution in [2.75, 3.05) is 5.32 Å². The van der Waals surface area contributed by atoms with Crippen LogP contribution in [0.5, 0.6) is 0 Å². The van der Waals surface area contributed by atoms with Gasteiger partial charge >= 0.3 is 0 Å². The Hall–Kier alpha value is -2.37. The third kappa shape index (κ3) is 1.84. The normalized spacial score (nSPS) is 12.8. The number of aromatic amines is 1. The second-order valence-corrected chi connectivity index (χ2v) is 3.79. The molecule has 0 aliphatic rings. The van der Waals surface area contributed by atoms with Crippen LogP contribution >= 0.6 is 0 Å². The molecule has 0 bridgehead atoms. The first kappa shape index (κ1) is 9.83. The lowest BCUT2D eigenvalue weighted by atomic mass is 10.3. The summed E-state index contributed by atoms with van der Waals surface area (Å²) in [5.74, 6) is 1.70. The Kier molecular flexibility index (Phi) is 2.25. The largest absolute Gasteiger partial charge is 0.360 e. The number of rotatable bonds is 3. The highest BCUT2D eigenvalue weighted by Crippen LogP contribution is 2.14. The van der Waals surface area contributed by atoms with E-state index in [0.29, 0.717) is 0 Å². The van der Waals surface area contributed by atoms with Crippen molar-refractivity contribution in [2.24, 2.45) is 0 Å². The molecule has 0 amide bonds. The van der Waals surface area contributed by atoms with Crippen LogP contribution in [0.3, 0.4) is 0 Å². The molecule has 3 aromatic heterocycles. The number of H-pyrrole nitrogens is 1. The first-order valence-corrected chi connectivity index (χ1v) is 5.39. The highest BCUT2D eigenvalue weighted by molar-refractivity contribution is 5.46. The lowest BCUT2D eigenvalue weighted by molar-refractivity contribution is 0.802. The van der Waals surface area contributed by atoms with Crippen molar-refractivity contribution < 1.29 is 0 Å². The highest BCUT2D eigenvalue weighted by atomic mass is 15.2. The zero-order chi connectivity index (χ0) is 11.7. The van der Waals surface area contributed by atoms with Crippen LogP contribution in [-0.2, 0) is 0 Å². The van der Waals surface area contributed by atoms with E-state index in [-0.39, 0.29) is 6.04 Å². The molecule has 1 atom stereocenters. The smallest absolute Gasteiger partial charge is 0.157 e. The third-order valence-corrected chi connectivity index (χ3v) is 2.55. The van der Waals surface area contributed by atoms with Gasteiger partial charge in [0.2, 0.25) is 0 Å². The zero-order valence-electron chi connectivity index (χ0n) is 9.33. The summed E-state index contributed by atoms with van der Waals surface area (Å²) < 4.78 is 1.72. The van der Waals surface area contributed by atoms with Crippen molar-refractivity contribution in [1.82, 2.24) is 24.6 Å². The van der Waals surface area contributed by atoms with Gasteiger partial charge in [-0.15, -0.1) is 0 Å². The number of nitrogens with one attached hydrogen (secondary N) is 2. The molecule has 0 radical (unpaired) electrons. The van der Waals surface area contributed by atoms with Crippen LogP contribution < -0.4 is 5.32 Å². The van der Waals surface area contributed by atoms with Gasteiger partial charge < -0.3 is 10.3 Å². The lowest BCUT2D eigenvalue weighted by Gasteiger charge is -2.11. The van der Waals surface area contributed by atoms with Gasteiger partial charge in [0.25, 0.3) is 0 Å². The van der Waals surface area contributed by atoms with Crippen molar-refractivity contribution in [3.63, 3.8) is 0 Å². The van der Waals surface area contributed by atoms with Gasteiger partial charge in [-0.05, 0) is 13.0 Å². The van der Waals surface area contributed by atoms with Crippen LogP contribution in [0, 0.1) is 0 Å². The molecule has 3 rings (SSSR count). The summed E-state index contributed by atoms with van der Waals surface area (Å²) in [6.45, 7) is 2.03. The SMILES string of the molecule is CC(Nc1ccn2nccc2n1)c1ncc[nH]1. The van der Waals surface area contributed by atoms with Gasteiger partial charge in [-0.2, -0.15) is 5.10 Å². The van der Waals surface area contributed by atoms with Crippen LogP contribution in [0.4, 0.5) is 5.82 Å². The molecule has 86 valence electrons. The molecule has 0 spiro atoms. The summed E-state index contributed by atoms with van der Waals surface area (Å²) in [6.07, 6.45) is 7.14. The monoisotopic (exact) mass is 228 g/mol. The maximum atomic E-state index is 4.43. The number of hydrogen-bond acceptors (Lipinski definition) is 4. The van der Waals surface area contributed by atoms with Crippen LogP contribution in [0.1, 0.15) is 18.8 Å². The summed E-state index contributed by atoms with van der Waals surface area (Å²) >= 11 is 0. The van der Waals surface area contributed by atoms with E-state index in [2.05, 4.69) is 25.4 Å². The Morgan fingerprint density at radius 1 is 1.35 bits per heavy atom. The van der Waals surface area contributed by atoms with Gasteiger partial charge in [0.1, 0.15) is 11.6 Å². The predicted molar refractivity (Wildman–Crippen MR) is 63.6 cm³/mol. The van der Waals surface area contributed by atoms with Gasteiger partial charge in [0, 0.05) is 24.7 Å². The van der Waals surface area contributed by atoms with Gasteiger partial charge in [-0.1, -0.05) is 0 Å². The lowest BCUT2D eigenvalue weighted by Crippen LogP contribution is -2.09. The number of hydrogen-bond donors (Lipinski definition) is 2. The van der Waals surface area contributed by atoms with Gasteiger partial charge in [0.15, 0.2) is 5.65 Å². The minimum atomic E-state index is 0.0860.